The molecular weight excluding hydrogens is 170 g/mol. The highest BCUT2D eigenvalue weighted by Crippen LogP contribution is 2.19. The number of hydrogen-bond acceptors (Lipinski definition) is 1. The minimum absolute atomic E-state index is 0.690. The molecule has 0 fully saturated rings. The van der Waals surface area contributed by atoms with E-state index in [1.165, 1.54) is 0 Å². The Morgan fingerprint density at radius 1 is 1.00 bits per heavy atom. The van der Waals surface area contributed by atoms with Gasteiger partial charge >= 0.3 is 0 Å². The molecule has 0 atom stereocenters. The third-order valence-corrected chi connectivity index (χ3v) is 2.04. The summed E-state index contributed by atoms with van der Waals surface area (Å²) in [6.07, 6.45) is 0. The van der Waals surface area contributed by atoms with Gasteiger partial charge in [-0.1, -0.05) is 36.4 Å². The molecule has 0 aliphatic carbocycles. The predicted octanol–water partition coefficient (Wildman–Crippen LogP) is 3.03. The van der Waals surface area contributed by atoms with Crippen molar-refractivity contribution in [2.45, 2.75) is 0 Å². The summed E-state index contributed by atoms with van der Waals surface area (Å²) < 4.78 is 0. The fourth-order valence-electron chi connectivity index (χ4n) is 1.35. The Bertz CT molecular complexity index is 466. The van der Waals surface area contributed by atoms with Gasteiger partial charge in [0.1, 0.15) is 0 Å². The van der Waals surface area contributed by atoms with Gasteiger partial charge in [-0.05, 0) is 29.3 Å². The molecule has 0 heterocycles. The molecule has 0 N–H and O–H groups in total. The van der Waals surface area contributed by atoms with Gasteiger partial charge in [-0.25, -0.2) is 0 Å². The molecule has 0 aliphatic rings. The van der Waals surface area contributed by atoms with Crippen molar-refractivity contribution in [2.75, 3.05) is 0 Å². The van der Waals surface area contributed by atoms with Gasteiger partial charge in [0.05, 0.1) is 11.6 Å². The molecule has 65 valence electrons. The van der Waals surface area contributed by atoms with Crippen molar-refractivity contribution in [1.29, 1.82) is 5.26 Å². The van der Waals surface area contributed by atoms with Crippen LogP contribution in [0.1, 0.15) is 5.56 Å². The number of hydrogen-bond donors (Lipinski definition) is 0. The molecule has 14 heavy (non-hydrogen) atoms. The Balaban J connectivity index is 2.49. The van der Waals surface area contributed by atoms with Crippen LogP contribution in [0, 0.1) is 17.4 Å². The number of benzene rings is 2. The highest BCUT2D eigenvalue weighted by atomic mass is 14.2. The summed E-state index contributed by atoms with van der Waals surface area (Å²) >= 11 is 0. The minimum Gasteiger partial charge on any atom is -0.192 e. The molecule has 0 unspecified atom stereocenters. The summed E-state index contributed by atoms with van der Waals surface area (Å²) in [6.45, 7) is 0. The number of nitriles is 1. The lowest BCUT2D eigenvalue weighted by atomic mass is 10.0. The second-order valence-corrected chi connectivity index (χ2v) is 2.98. The zero-order valence-electron chi connectivity index (χ0n) is 7.57. The van der Waals surface area contributed by atoms with E-state index in [0.29, 0.717) is 5.56 Å². The second kappa shape index (κ2) is 3.76. The first-order valence-electron chi connectivity index (χ1n) is 4.37. The second-order valence-electron chi connectivity index (χ2n) is 2.98. The van der Waals surface area contributed by atoms with Crippen LogP contribution in [0.2, 0.25) is 0 Å². The van der Waals surface area contributed by atoms with Gasteiger partial charge in [-0.2, -0.15) is 5.26 Å². The third-order valence-electron chi connectivity index (χ3n) is 2.04. The van der Waals surface area contributed by atoms with Crippen LogP contribution < -0.4 is 0 Å². The first-order chi connectivity index (χ1) is 6.90. The quantitative estimate of drug-likeness (QED) is 0.658. The zero-order chi connectivity index (χ0) is 9.80. The SMILES string of the molecule is N#Cc1cccc(-c2cc[c]cc2)c1. The Morgan fingerprint density at radius 3 is 2.50 bits per heavy atom. The molecule has 0 spiro atoms. The van der Waals surface area contributed by atoms with Gasteiger partial charge in [0, 0.05) is 0 Å². The van der Waals surface area contributed by atoms with E-state index in [2.05, 4.69) is 12.1 Å². The summed E-state index contributed by atoms with van der Waals surface area (Å²) in [5, 5.41) is 8.75. The minimum atomic E-state index is 0.690. The first kappa shape index (κ1) is 8.52. The topological polar surface area (TPSA) is 23.8 Å². The van der Waals surface area contributed by atoms with Crippen LogP contribution in [0.3, 0.4) is 0 Å². The van der Waals surface area contributed by atoms with Crippen molar-refractivity contribution in [2.24, 2.45) is 0 Å². The van der Waals surface area contributed by atoms with Gasteiger partial charge < -0.3 is 0 Å². The lowest BCUT2D eigenvalue weighted by Crippen LogP contribution is -1.78. The Morgan fingerprint density at radius 2 is 1.79 bits per heavy atom. The molecule has 1 nitrogen and oxygen atoms in total. The summed E-state index contributed by atoms with van der Waals surface area (Å²) in [6, 6.07) is 20.4. The zero-order valence-corrected chi connectivity index (χ0v) is 7.57. The molecule has 0 bridgehead atoms. The largest absolute Gasteiger partial charge is 0.192 e. The van der Waals surface area contributed by atoms with Crippen LogP contribution in [-0.2, 0) is 0 Å². The standard InChI is InChI=1S/C13H8N/c14-10-11-5-4-8-13(9-11)12-6-2-1-3-7-12/h2-9H. The van der Waals surface area contributed by atoms with E-state index >= 15 is 0 Å². The van der Waals surface area contributed by atoms with Crippen LogP contribution in [0.15, 0.2) is 48.5 Å². The molecule has 2 rings (SSSR count). The number of nitrogens with zero attached hydrogens (tertiary/aromatic N) is 1. The van der Waals surface area contributed by atoms with Crippen LogP contribution in [-0.4, -0.2) is 0 Å². The van der Waals surface area contributed by atoms with Gasteiger partial charge in [0.2, 0.25) is 0 Å². The molecule has 0 saturated carbocycles. The van der Waals surface area contributed by atoms with Crippen LogP contribution in [0.5, 0.6) is 0 Å². The predicted molar refractivity (Wildman–Crippen MR) is 55.4 cm³/mol. The van der Waals surface area contributed by atoms with Crippen molar-refractivity contribution in [3.8, 4) is 17.2 Å². The van der Waals surface area contributed by atoms with Gasteiger partial charge in [-0.15, -0.1) is 0 Å². The lowest BCUT2D eigenvalue weighted by Gasteiger charge is -2.00. The third kappa shape index (κ3) is 1.65. The summed E-state index contributed by atoms with van der Waals surface area (Å²) in [7, 11) is 0. The van der Waals surface area contributed by atoms with E-state index in [1.807, 2.05) is 42.5 Å². The smallest absolute Gasteiger partial charge is 0.0991 e. The fourth-order valence-corrected chi connectivity index (χ4v) is 1.35. The van der Waals surface area contributed by atoms with Gasteiger partial charge in [-0.3, -0.25) is 0 Å². The highest BCUT2D eigenvalue weighted by molar-refractivity contribution is 5.64. The van der Waals surface area contributed by atoms with E-state index in [-0.39, 0.29) is 0 Å². The summed E-state index contributed by atoms with van der Waals surface area (Å²) in [4.78, 5) is 0. The van der Waals surface area contributed by atoms with Gasteiger partial charge in [0.15, 0.2) is 0 Å². The van der Waals surface area contributed by atoms with Crippen molar-refractivity contribution in [1.82, 2.24) is 0 Å². The molecule has 0 amide bonds. The van der Waals surface area contributed by atoms with E-state index < -0.39 is 0 Å². The van der Waals surface area contributed by atoms with E-state index in [0.717, 1.165) is 11.1 Å². The number of rotatable bonds is 1. The van der Waals surface area contributed by atoms with Crippen LogP contribution in [0.25, 0.3) is 11.1 Å². The first-order valence-corrected chi connectivity index (χ1v) is 4.37. The van der Waals surface area contributed by atoms with Crippen LogP contribution >= 0.6 is 0 Å². The van der Waals surface area contributed by atoms with E-state index in [4.69, 9.17) is 5.26 Å². The molecular formula is C13H8N. The maximum atomic E-state index is 8.75. The molecule has 2 aromatic rings. The van der Waals surface area contributed by atoms with Crippen molar-refractivity contribution in [3.05, 3.63) is 60.2 Å². The van der Waals surface area contributed by atoms with Crippen molar-refractivity contribution >= 4 is 0 Å². The molecule has 2 aromatic carbocycles. The van der Waals surface area contributed by atoms with E-state index in [1.54, 1.807) is 6.07 Å². The summed E-state index contributed by atoms with van der Waals surface area (Å²) in [5.41, 5.74) is 2.87. The molecule has 1 heteroatoms. The van der Waals surface area contributed by atoms with Gasteiger partial charge in [0.25, 0.3) is 0 Å². The molecule has 0 saturated heterocycles. The maximum Gasteiger partial charge on any atom is 0.0991 e. The molecule has 0 aliphatic heterocycles. The maximum absolute atomic E-state index is 8.75. The molecule has 0 aromatic heterocycles. The van der Waals surface area contributed by atoms with Crippen LogP contribution in [0.4, 0.5) is 0 Å². The Kier molecular flexibility index (Phi) is 2.29. The lowest BCUT2D eigenvalue weighted by molar-refractivity contribution is 1.48. The Hall–Kier alpha value is -2.07. The normalized spacial score (nSPS) is 9.36. The highest BCUT2D eigenvalue weighted by Gasteiger charge is 1.96. The fraction of sp³-hybridized carbons (Fsp3) is 0. The Labute approximate surface area is 83.2 Å². The monoisotopic (exact) mass is 178 g/mol. The average molecular weight is 178 g/mol. The average Bonchev–Trinajstić information content (AvgIpc) is 2.30. The van der Waals surface area contributed by atoms with Crippen molar-refractivity contribution < 1.29 is 0 Å². The van der Waals surface area contributed by atoms with E-state index in [9.17, 15) is 0 Å². The molecule has 1 radical (unpaired) electrons. The van der Waals surface area contributed by atoms with Crippen molar-refractivity contribution in [3.63, 3.8) is 0 Å². The summed E-state index contributed by atoms with van der Waals surface area (Å²) in [5.74, 6) is 0.